The summed E-state index contributed by atoms with van der Waals surface area (Å²) in [6.07, 6.45) is 6.72. The Morgan fingerprint density at radius 3 is 2.75 bits per heavy atom. The Hall–Kier alpha value is -0.0400. The maximum Gasteiger partial charge on any atom is 0.00721 e. The highest BCUT2D eigenvalue weighted by molar-refractivity contribution is 4.80. The van der Waals surface area contributed by atoms with E-state index in [1.165, 1.54) is 38.6 Å². The van der Waals surface area contributed by atoms with Crippen molar-refractivity contribution in [2.45, 2.75) is 52.0 Å². The third-order valence-corrected chi connectivity index (χ3v) is 2.46. The first-order valence-electron chi connectivity index (χ1n) is 5.17. The van der Waals surface area contributed by atoms with Gasteiger partial charge in [0.15, 0.2) is 0 Å². The zero-order valence-electron chi connectivity index (χ0n) is 8.53. The normalized spacial score (nSPS) is 26.8. The average molecular weight is 168 g/mol. The fraction of sp³-hybridized carbons (Fsp3) is 0.909. The summed E-state index contributed by atoms with van der Waals surface area (Å²) in [6.45, 7) is 9.81. The minimum absolute atomic E-state index is 0.238. The first-order chi connectivity index (χ1) is 5.58. The van der Waals surface area contributed by atoms with Crippen molar-refractivity contribution in [3.8, 4) is 0 Å². The topological polar surface area (TPSA) is 12.0 Å². The Morgan fingerprint density at radius 1 is 1.33 bits per heavy atom. The van der Waals surface area contributed by atoms with Crippen molar-refractivity contribution in [3.05, 3.63) is 6.92 Å². The van der Waals surface area contributed by atoms with E-state index in [2.05, 4.69) is 26.1 Å². The van der Waals surface area contributed by atoms with E-state index in [4.69, 9.17) is 0 Å². The fourth-order valence-corrected chi connectivity index (χ4v) is 1.94. The summed E-state index contributed by atoms with van der Waals surface area (Å²) in [5.41, 5.74) is 0.238. The molecule has 0 amide bonds. The number of rotatable bonds is 2. The predicted molar refractivity (Wildman–Crippen MR) is 54.0 cm³/mol. The second-order valence-electron chi connectivity index (χ2n) is 4.87. The molecule has 0 aromatic carbocycles. The van der Waals surface area contributed by atoms with Gasteiger partial charge in [0.2, 0.25) is 0 Å². The molecule has 1 saturated heterocycles. The van der Waals surface area contributed by atoms with E-state index in [9.17, 15) is 0 Å². The molecule has 0 aromatic heterocycles. The molecule has 1 heteroatoms. The molecule has 0 bridgehead atoms. The van der Waals surface area contributed by atoms with E-state index in [-0.39, 0.29) is 5.41 Å². The smallest absolute Gasteiger partial charge is 0.00721 e. The predicted octanol–water partition coefficient (Wildman–Crippen LogP) is 2.77. The van der Waals surface area contributed by atoms with Crippen molar-refractivity contribution in [2.24, 2.45) is 5.41 Å². The molecule has 1 radical (unpaired) electrons. The van der Waals surface area contributed by atoms with Gasteiger partial charge in [-0.1, -0.05) is 26.7 Å². The molecule has 1 N–H and O–H groups in total. The molecule has 71 valence electrons. The Bertz CT molecular complexity index is 115. The third-order valence-electron chi connectivity index (χ3n) is 2.46. The highest BCUT2D eigenvalue weighted by atomic mass is 14.9. The second-order valence-corrected chi connectivity index (χ2v) is 4.87. The lowest BCUT2D eigenvalue weighted by Crippen LogP contribution is -2.32. The summed E-state index contributed by atoms with van der Waals surface area (Å²) in [5, 5.41) is 3.60. The van der Waals surface area contributed by atoms with E-state index < -0.39 is 0 Å². The molecular weight excluding hydrogens is 146 g/mol. The zero-order chi connectivity index (χ0) is 9.03. The van der Waals surface area contributed by atoms with Crippen LogP contribution < -0.4 is 5.32 Å². The molecule has 1 unspecified atom stereocenters. The van der Waals surface area contributed by atoms with Crippen molar-refractivity contribution in [1.82, 2.24) is 5.32 Å². The van der Waals surface area contributed by atoms with Crippen LogP contribution in [-0.2, 0) is 0 Å². The van der Waals surface area contributed by atoms with E-state index in [1.807, 2.05) is 0 Å². The van der Waals surface area contributed by atoms with Gasteiger partial charge in [0, 0.05) is 6.04 Å². The van der Waals surface area contributed by atoms with Gasteiger partial charge in [-0.25, -0.2) is 0 Å². The molecule has 0 spiro atoms. The minimum atomic E-state index is 0.238. The van der Waals surface area contributed by atoms with E-state index in [1.54, 1.807) is 0 Å². The highest BCUT2D eigenvalue weighted by Crippen LogP contribution is 2.23. The van der Waals surface area contributed by atoms with Crippen LogP contribution in [0.1, 0.15) is 46.0 Å². The second kappa shape index (κ2) is 4.27. The molecule has 1 aliphatic rings. The van der Waals surface area contributed by atoms with Crippen LogP contribution in [0, 0.1) is 12.3 Å². The lowest BCUT2D eigenvalue weighted by Gasteiger charge is -2.25. The molecule has 12 heavy (non-hydrogen) atoms. The van der Waals surface area contributed by atoms with Gasteiger partial charge in [-0.05, 0) is 38.1 Å². The molecule has 1 heterocycles. The molecule has 1 atom stereocenters. The Labute approximate surface area is 76.9 Å². The van der Waals surface area contributed by atoms with Gasteiger partial charge in [-0.15, -0.1) is 0 Å². The van der Waals surface area contributed by atoms with Crippen LogP contribution in [0.25, 0.3) is 0 Å². The standard InChI is InChI=1S/C11H22N/c1-11(2,3)9-10-7-5-4-6-8-12-10/h10,12H,1,4-9H2,2-3H3. The van der Waals surface area contributed by atoms with Crippen molar-refractivity contribution in [1.29, 1.82) is 0 Å². The lowest BCUT2D eigenvalue weighted by atomic mass is 9.87. The van der Waals surface area contributed by atoms with Gasteiger partial charge in [-0.2, -0.15) is 0 Å². The first kappa shape index (κ1) is 10.0. The Balaban J connectivity index is 2.30. The molecule has 0 aliphatic carbocycles. The van der Waals surface area contributed by atoms with Crippen LogP contribution in [0.4, 0.5) is 0 Å². The number of nitrogens with one attached hydrogen (secondary N) is 1. The summed E-state index contributed by atoms with van der Waals surface area (Å²) in [6, 6.07) is 0.722. The Kier molecular flexibility index (Phi) is 3.57. The summed E-state index contributed by atoms with van der Waals surface area (Å²) >= 11 is 0. The number of hydrogen-bond donors (Lipinski definition) is 1. The number of hydrogen-bond acceptors (Lipinski definition) is 1. The average Bonchev–Trinajstić information content (AvgIpc) is 2.12. The van der Waals surface area contributed by atoms with Gasteiger partial charge >= 0.3 is 0 Å². The molecule has 1 nitrogen and oxygen atoms in total. The molecule has 0 saturated carbocycles. The van der Waals surface area contributed by atoms with E-state index in [0.717, 1.165) is 6.04 Å². The quantitative estimate of drug-likeness (QED) is 0.668. The minimum Gasteiger partial charge on any atom is -0.314 e. The summed E-state index contributed by atoms with van der Waals surface area (Å²) in [5.74, 6) is 0. The maximum absolute atomic E-state index is 4.16. The van der Waals surface area contributed by atoms with Crippen molar-refractivity contribution in [2.75, 3.05) is 6.54 Å². The van der Waals surface area contributed by atoms with Crippen molar-refractivity contribution < 1.29 is 0 Å². The van der Waals surface area contributed by atoms with Gasteiger partial charge < -0.3 is 5.32 Å². The van der Waals surface area contributed by atoms with E-state index >= 15 is 0 Å². The summed E-state index contributed by atoms with van der Waals surface area (Å²) in [4.78, 5) is 0. The zero-order valence-corrected chi connectivity index (χ0v) is 8.53. The van der Waals surface area contributed by atoms with Crippen molar-refractivity contribution in [3.63, 3.8) is 0 Å². The van der Waals surface area contributed by atoms with Crippen LogP contribution in [0.2, 0.25) is 0 Å². The Morgan fingerprint density at radius 2 is 2.08 bits per heavy atom. The monoisotopic (exact) mass is 168 g/mol. The fourth-order valence-electron chi connectivity index (χ4n) is 1.94. The van der Waals surface area contributed by atoms with Crippen LogP contribution in [0.3, 0.4) is 0 Å². The molecule has 1 rings (SSSR count). The molecule has 0 aromatic rings. The maximum atomic E-state index is 4.16. The first-order valence-corrected chi connectivity index (χ1v) is 5.17. The van der Waals surface area contributed by atoms with Gasteiger partial charge in [0.1, 0.15) is 0 Å². The van der Waals surface area contributed by atoms with Gasteiger partial charge in [0.05, 0.1) is 0 Å². The molecule has 1 aliphatic heterocycles. The third kappa shape index (κ3) is 4.10. The summed E-state index contributed by atoms with van der Waals surface area (Å²) in [7, 11) is 0. The summed E-state index contributed by atoms with van der Waals surface area (Å²) < 4.78 is 0. The molecule has 1 fully saturated rings. The van der Waals surface area contributed by atoms with Crippen LogP contribution in [0.15, 0.2) is 0 Å². The molecular formula is C11H22N. The SMILES string of the molecule is [CH2]C(C)(C)CC1CCCCCN1. The van der Waals surface area contributed by atoms with Gasteiger partial charge in [-0.3, -0.25) is 0 Å². The lowest BCUT2D eigenvalue weighted by molar-refractivity contribution is 0.339. The highest BCUT2D eigenvalue weighted by Gasteiger charge is 2.19. The largest absolute Gasteiger partial charge is 0.314 e. The van der Waals surface area contributed by atoms with Crippen LogP contribution in [0.5, 0.6) is 0 Å². The van der Waals surface area contributed by atoms with Crippen LogP contribution in [-0.4, -0.2) is 12.6 Å². The van der Waals surface area contributed by atoms with Crippen molar-refractivity contribution >= 4 is 0 Å². The van der Waals surface area contributed by atoms with E-state index in [0.29, 0.717) is 0 Å². The van der Waals surface area contributed by atoms with Gasteiger partial charge in [0.25, 0.3) is 0 Å². The van der Waals surface area contributed by atoms with Crippen LogP contribution >= 0.6 is 0 Å².